The topological polar surface area (TPSA) is 138 Å². The van der Waals surface area contributed by atoms with Crippen molar-refractivity contribution in [1.29, 1.82) is 0 Å². The van der Waals surface area contributed by atoms with Gasteiger partial charge in [-0.15, -0.1) is 12.3 Å². The summed E-state index contributed by atoms with van der Waals surface area (Å²) in [5.74, 6) is -4.81. The van der Waals surface area contributed by atoms with Gasteiger partial charge in [-0.25, -0.2) is 9.59 Å². The third-order valence-corrected chi connectivity index (χ3v) is 0.183. The van der Waals surface area contributed by atoms with Crippen molar-refractivity contribution in [3.63, 3.8) is 0 Å². The largest absolute Gasteiger partial charge is 2.00 e. The summed E-state index contributed by atoms with van der Waals surface area (Å²) in [7, 11) is 0. The average molecular weight is 286 g/mol. The molecule has 0 aromatic carbocycles. The molecule has 0 fully saturated rings. The molecule has 0 aliphatic carbocycles. The van der Waals surface area contributed by atoms with Crippen molar-refractivity contribution in [2.75, 3.05) is 0 Å². The zero-order valence-electron chi connectivity index (χ0n) is 9.06. The van der Waals surface area contributed by atoms with Crippen LogP contribution in [0.15, 0.2) is 12.3 Å². The van der Waals surface area contributed by atoms with Gasteiger partial charge in [0.2, 0.25) is 0 Å². The number of carbonyl (C=O) groups excluding carboxylic acids is 1. The quantitative estimate of drug-likeness (QED) is 0.275. The van der Waals surface area contributed by atoms with E-state index in [1.807, 2.05) is 0 Å². The Kier molecular flexibility index (Phi) is 39.0. The van der Waals surface area contributed by atoms with Crippen LogP contribution in [0.4, 0.5) is 0 Å². The van der Waals surface area contributed by atoms with Crippen LogP contribution in [-0.2, 0) is 14.4 Å². The van der Waals surface area contributed by atoms with Crippen LogP contribution >= 0.6 is 0 Å². The molecule has 0 aliphatic rings. The summed E-state index contributed by atoms with van der Waals surface area (Å²) in [5, 5.41) is 33.0. The number of aliphatic carboxylic acids is 3. The van der Waals surface area contributed by atoms with Crippen LogP contribution in [0.1, 0.15) is 13.8 Å². The summed E-state index contributed by atoms with van der Waals surface area (Å²) in [6.07, 6.45) is 0. The fourth-order valence-electron chi connectivity index (χ4n) is 0. The molecular formula is C7H10Ca2O7+2. The summed E-state index contributed by atoms with van der Waals surface area (Å²) < 4.78 is 0. The van der Waals surface area contributed by atoms with Crippen molar-refractivity contribution < 1.29 is 34.8 Å². The second kappa shape index (κ2) is 20.8. The molecule has 0 aliphatic heterocycles. The van der Waals surface area contributed by atoms with Crippen molar-refractivity contribution in [2.24, 2.45) is 0 Å². The Hall–Kier alpha value is 0.469. The normalized spacial score (nSPS) is 5.88. The van der Waals surface area contributed by atoms with Gasteiger partial charge in [0, 0.05) is 5.97 Å². The Bertz CT molecular complexity index is 195. The van der Waals surface area contributed by atoms with Crippen LogP contribution in [0.2, 0.25) is 0 Å². The summed E-state index contributed by atoms with van der Waals surface area (Å²) in [4.78, 5) is 27.1. The van der Waals surface area contributed by atoms with Gasteiger partial charge in [-0.1, -0.05) is 6.92 Å². The molecule has 2 N–H and O–H groups in total. The van der Waals surface area contributed by atoms with Crippen molar-refractivity contribution in [3.05, 3.63) is 12.3 Å². The van der Waals surface area contributed by atoms with Crippen molar-refractivity contribution in [3.8, 4) is 0 Å². The smallest absolute Gasteiger partial charge is 0.876 e. The molecule has 0 aromatic rings. The molecule has 0 unspecified atom stereocenters. The number of hydrogen-bond acceptors (Lipinski definition) is 5. The molecule has 0 saturated heterocycles. The predicted octanol–water partition coefficient (Wildman–Crippen LogP) is -2.97. The fraction of sp³-hybridized carbons (Fsp3) is 0.286. The zero-order chi connectivity index (χ0) is 12.3. The van der Waals surface area contributed by atoms with Gasteiger partial charge in [-0.2, -0.15) is 0 Å². The van der Waals surface area contributed by atoms with Crippen LogP contribution in [0.5, 0.6) is 0 Å². The third kappa shape index (κ3) is 131. The van der Waals surface area contributed by atoms with Crippen LogP contribution in [0, 0.1) is 0 Å². The Labute approximate surface area is 152 Å². The van der Waals surface area contributed by atoms with E-state index < -0.39 is 17.9 Å². The molecule has 9 heteroatoms. The summed E-state index contributed by atoms with van der Waals surface area (Å²) in [6, 6.07) is 0. The van der Waals surface area contributed by atoms with Crippen LogP contribution in [0.25, 0.3) is 0 Å². The summed E-state index contributed by atoms with van der Waals surface area (Å²) >= 11 is 0. The molecule has 82 valence electrons. The second-order valence-electron chi connectivity index (χ2n) is 1.80. The molecule has 0 bridgehead atoms. The van der Waals surface area contributed by atoms with E-state index in [9.17, 15) is 5.11 Å². The zero-order valence-corrected chi connectivity index (χ0v) is 13.5. The maximum Gasteiger partial charge on any atom is 2.00 e. The minimum absolute atomic E-state index is 0. The van der Waals surface area contributed by atoms with Gasteiger partial charge >= 0.3 is 87.4 Å². The average Bonchev–Trinajstić information content (AvgIpc) is 1.83. The molecule has 7 nitrogen and oxygen atoms in total. The van der Waals surface area contributed by atoms with Gasteiger partial charge in [0.1, 0.15) is 0 Å². The van der Waals surface area contributed by atoms with Gasteiger partial charge in [0.05, 0.1) is 0 Å². The van der Waals surface area contributed by atoms with Crippen LogP contribution in [0.3, 0.4) is 0 Å². The minimum Gasteiger partial charge on any atom is -0.876 e. The number of carboxylic acids is 3. The van der Waals surface area contributed by atoms with Crippen molar-refractivity contribution in [2.45, 2.75) is 13.8 Å². The summed E-state index contributed by atoms with van der Waals surface area (Å²) in [5.41, 5.74) is 0. The van der Waals surface area contributed by atoms with E-state index in [1.165, 1.54) is 6.92 Å². The Morgan fingerprint density at radius 1 is 0.938 bits per heavy atom. The Morgan fingerprint density at radius 2 is 1.00 bits per heavy atom. The molecule has 0 spiro atoms. The van der Waals surface area contributed by atoms with Gasteiger partial charge in [0.15, 0.2) is 0 Å². The van der Waals surface area contributed by atoms with Crippen LogP contribution in [-0.4, -0.2) is 104 Å². The SMILES string of the molecule is C=C(C)[O-].CC(=O)[O-].O=C(O)C(=O)O.[Ca+2].[Ca+2]. The van der Waals surface area contributed by atoms with E-state index in [2.05, 4.69) is 6.58 Å². The van der Waals surface area contributed by atoms with Gasteiger partial charge in [-0.05, 0) is 6.92 Å². The van der Waals surface area contributed by atoms with E-state index >= 15 is 0 Å². The number of allylic oxidation sites excluding steroid dienone is 1. The maximum absolute atomic E-state index is 9.33. The molecule has 0 radical (unpaired) electrons. The fourth-order valence-corrected chi connectivity index (χ4v) is 0. The van der Waals surface area contributed by atoms with Crippen LogP contribution < -0.4 is 10.2 Å². The first-order chi connectivity index (χ1) is 6.11. The van der Waals surface area contributed by atoms with Gasteiger partial charge in [0.25, 0.3) is 0 Å². The molecular weight excluding hydrogens is 276 g/mol. The van der Waals surface area contributed by atoms with E-state index in [4.69, 9.17) is 29.7 Å². The Morgan fingerprint density at radius 3 is 1.00 bits per heavy atom. The first-order valence-electron chi connectivity index (χ1n) is 3.07. The number of hydrogen-bond donors (Lipinski definition) is 2. The van der Waals surface area contributed by atoms with E-state index in [0.717, 1.165) is 6.92 Å². The molecule has 0 saturated carbocycles. The van der Waals surface area contributed by atoms with E-state index in [0.29, 0.717) is 0 Å². The van der Waals surface area contributed by atoms with E-state index in [1.54, 1.807) is 0 Å². The molecule has 0 amide bonds. The van der Waals surface area contributed by atoms with Gasteiger partial charge in [-0.3, -0.25) is 0 Å². The summed E-state index contributed by atoms with van der Waals surface area (Å²) in [6.45, 7) is 5.39. The molecule has 0 heterocycles. The molecule has 0 rings (SSSR count). The standard InChI is InChI=1S/C3H6O.C2H2O4.C2H4O2.2Ca/c1-3(2)4;3-1(4)2(5)6;1-2(3)4;;/h4H,1H2,2H3;(H,3,4)(H,5,6);1H3,(H,3,4);;/q;;;2*+2/p-2. The first kappa shape index (κ1) is 30.0. The molecule has 0 aromatic heterocycles. The predicted molar refractivity (Wildman–Crippen MR) is 52.3 cm³/mol. The van der Waals surface area contributed by atoms with Gasteiger partial charge < -0.3 is 25.2 Å². The van der Waals surface area contributed by atoms with E-state index in [-0.39, 0.29) is 81.2 Å². The third-order valence-electron chi connectivity index (χ3n) is 0.183. The first-order valence-corrected chi connectivity index (χ1v) is 3.07. The number of carbonyl (C=O) groups is 3. The van der Waals surface area contributed by atoms with Crippen molar-refractivity contribution in [1.82, 2.24) is 0 Å². The molecule has 16 heavy (non-hydrogen) atoms. The Balaban J connectivity index is -0.0000000367. The maximum atomic E-state index is 9.33. The van der Waals surface area contributed by atoms with Crippen molar-refractivity contribution >= 4 is 93.4 Å². The molecule has 0 atom stereocenters. The minimum atomic E-state index is -1.82. The number of rotatable bonds is 0. The monoisotopic (exact) mass is 286 g/mol. The second-order valence-corrected chi connectivity index (χ2v) is 1.80. The number of carboxylic acid groups (broad SMARTS) is 3.